The number of hydrogen-bond donors (Lipinski definition) is 1. The van der Waals surface area contributed by atoms with E-state index in [2.05, 4.69) is 11.0 Å². The first-order chi connectivity index (χ1) is 18.8. The Bertz CT molecular complexity index is 1290. The van der Waals surface area contributed by atoms with Crippen molar-refractivity contribution in [1.29, 1.82) is 5.26 Å². The molecule has 0 saturated carbocycles. The summed E-state index contributed by atoms with van der Waals surface area (Å²) in [7, 11) is 5.08. The van der Waals surface area contributed by atoms with Crippen LogP contribution in [0, 0.1) is 23.2 Å². The van der Waals surface area contributed by atoms with Gasteiger partial charge >= 0.3 is 5.97 Å². The SMILES string of the molecule is COc1ccc(C(C#N)(CCCN(C)CC(C)C(=C(C(C)=O)C(=O)O)c2cccc(Cl)c2Cl)C(C)C)cc1OC.Cl. The number of nitriles is 1. The number of aliphatic carboxylic acids is 1. The Morgan fingerprint density at radius 1 is 1.10 bits per heavy atom. The smallest absolute Gasteiger partial charge is 0.339 e. The zero-order chi connectivity index (χ0) is 30.2. The molecule has 0 bridgehead atoms. The second-order valence-corrected chi connectivity index (χ2v) is 11.1. The average Bonchev–Trinajstić information content (AvgIpc) is 2.90. The van der Waals surface area contributed by atoms with Crippen molar-refractivity contribution >= 4 is 52.9 Å². The number of halogens is 3. The summed E-state index contributed by atoms with van der Waals surface area (Å²) in [6, 6.07) is 13.2. The maximum Gasteiger partial charge on any atom is 0.339 e. The normalized spacial score (nSPS) is 13.9. The summed E-state index contributed by atoms with van der Waals surface area (Å²) in [6.45, 7) is 8.28. The fourth-order valence-corrected chi connectivity index (χ4v) is 5.62. The number of benzene rings is 2. The number of carboxylic acids is 1. The van der Waals surface area contributed by atoms with Crippen molar-refractivity contribution in [2.75, 3.05) is 34.4 Å². The number of Topliss-reactive ketones (excluding diaryl/α,β-unsaturated/α-hetero) is 1. The second kappa shape index (κ2) is 16.0. The molecular formula is C31H39Cl3N2O5. The highest BCUT2D eigenvalue weighted by Gasteiger charge is 2.36. The van der Waals surface area contributed by atoms with Gasteiger partial charge in [-0.2, -0.15) is 5.26 Å². The molecule has 0 amide bonds. The molecule has 0 aliphatic carbocycles. The van der Waals surface area contributed by atoms with Crippen molar-refractivity contribution in [2.45, 2.75) is 46.0 Å². The summed E-state index contributed by atoms with van der Waals surface area (Å²) in [5.74, 6) is -1.01. The van der Waals surface area contributed by atoms with Crippen molar-refractivity contribution < 1.29 is 24.2 Å². The van der Waals surface area contributed by atoms with Crippen molar-refractivity contribution in [2.24, 2.45) is 11.8 Å². The summed E-state index contributed by atoms with van der Waals surface area (Å²) in [4.78, 5) is 26.6. The van der Waals surface area contributed by atoms with Crippen LogP contribution in [0.4, 0.5) is 0 Å². The fourth-order valence-electron chi connectivity index (χ4n) is 5.22. The van der Waals surface area contributed by atoms with Gasteiger partial charge in [0.2, 0.25) is 0 Å². The summed E-state index contributed by atoms with van der Waals surface area (Å²) >= 11 is 12.7. The van der Waals surface area contributed by atoms with E-state index in [0.29, 0.717) is 48.6 Å². The topological polar surface area (TPSA) is 99.9 Å². The second-order valence-electron chi connectivity index (χ2n) is 10.3. The van der Waals surface area contributed by atoms with Gasteiger partial charge in [0.25, 0.3) is 0 Å². The Labute approximate surface area is 259 Å². The molecule has 0 aliphatic rings. The molecule has 0 saturated heterocycles. The lowest BCUT2D eigenvalue weighted by Gasteiger charge is -2.33. The van der Waals surface area contributed by atoms with Crippen molar-refractivity contribution in [3.63, 3.8) is 0 Å². The Morgan fingerprint density at radius 2 is 1.73 bits per heavy atom. The number of ether oxygens (including phenoxy) is 2. The first-order valence-corrected chi connectivity index (χ1v) is 13.8. The van der Waals surface area contributed by atoms with E-state index >= 15 is 0 Å². The lowest BCUT2D eigenvalue weighted by Crippen LogP contribution is -2.33. The molecule has 1 N–H and O–H groups in total. The third-order valence-corrected chi connectivity index (χ3v) is 8.17. The van der Waals surface area contributed by atoms with E-state index in [1.807, 2.05) is 46.0 Å². The molecule has 7 nitrogen and oxygen atoms in total. The number of nitrogens with zero attached hydrogens (tertiary/aromatic N) is 2. The van der Waals surface area contributed by atoms with Gasteiger partial charge in [0.1, 0.15) is 5.57 Å². The van der Waals surface area contributed by atoms with Gasteiger partial charge in [-0.1, -0.05) is 62.2 Å². The number of carbonyl (C=O) groups is 2. The lowest BCUT2D eigenvalue weighted by atomic mass is 9.69. The van der Waals surface area contributed by atoms with Crippen molar-refractivity contribution in [1.82, 2.24) is 4.90 Å². The van der Waals surface area contributed by atoms with Crippen LogP contribution in [0.1, 0.15) is 51.7 Å². The number of methoxy groups -OCH3 is 2. The van der Waals surface area contributed by atoms with Crippen LogP contribution in [-0.2, 0) is 15.0 Å². The molecule has 0 spiro atoms. The molecule has 2 aromatic carbocycles. The molecule has 0 fully saturated rings. The number of carbonyl (C=O) groups excluding carboxylic acids is 1. The van der Waals surface area contributed by atoms with Crippen molar-refractivity contribution in [3.05, 3.63) is 63.1 Å². The Morgan fingerprint density at radius 3 is 2.24 bits per heavy atom. The molecule has 2 atom stereocenters. The highest BCUT2D eigenvalue weighted by atomic mass is 35.5. The molecule has 2 aromatic rings. The highest BCUT2D eigenvalue weighted by Crippen LogP contribution is 2.41. The van der Waals surface area contributed by atoms with Gasteiger partial charge in [-0.25, -0.2) is 4.79 Å². The highest BCUT2D eigenvalue weighted by molar-refractivity contribution is 6.43. The first kappa shape index (κ1) is 36.3. The Kier molecular flexibility index (Phi) is 14.2. The zero-order valence-electron chi connectivity index (χ0n) is 24.6. The minimum absolute atomic E-state index is 0. The van der Waals surface area contributed by atoms with Gasteiger partial charge in [0.05, 0.1) is 35.7 Å². The predicted octanol–water partition coefficient (Wildman–Crippen LogP) is 7.33. The molecule has 10 heteroatoms. The number of rotatable bonds is 14. The first-order valence-electron chi connectivity index (χ1n) is 13.1. The van der Waals surface area contributed by atoms with Gasteiger partial charge in [0.15, 0.2) is 17.3 Å². The van der Waals surface area contributed by atoms with Crippen LogP contribution < -0.4 is 9.47 Å². The van der Waals surface area contributed by atoms with Crippen LogP contribution in [0.3, 0.4) is 0 Å². The van der Waals surface area contributed by atoms with Gasteiger partial charge in [-0.3, -0.25) is 4.79 Å². The molecule has 0 aliphatic heterocycles. The molecule has 2 rings (SSSR count). The lowest BCUT2D eigenvalue weighted by molar-refractivity contribution is -0.134. The molecule has 0 radical (unpaired) electrons. The standard InChI is InChI=1S/C31H38Cl2N2O5.ClH/c1-19(2)31(18-34,22-12-13-25(39-6)26(16-22)40-7)14-9-15-35(5)17-20(3)27(28(21(4)36)30(37)38)23-10-8-11-24(32)29(23)33;/h8,10-13,16,19-20H,9,14-15,17H2,1-7H3,(H,37,38);1H. The van der Waals surface area contributed by atoms with Gasteiger partial charge in [-0.05, 0) is 80.1 Å². The Balaban J connectivity index is 0.00000840. The van der Waals surface area contributed by atoms with E-state index in [1.54, 1.807) is 32.4 Å². The van der Waals surface area contributed by atoms with E-state index in [9.17, 15) is 20.0 Å². The van der Waals surface area contributed by atoms with Crippen LogP contribution >= 0.6 is 35.6 Å². The summed E-state index contributed by atoms with van der Waals surface area (Å²) < 4.78 is 10.8. The summed E-state index contributed by atoms with van der Waals surface area (Å²) in [5, 5.41) is 20.7. The van der Waals surface area contributed by atoms with Gasteiger partial charge < -0.3 is 19.5 Å². The predicted molar refractivity (Wildman–Crippen MR) is 167 cm³/mol. The zero-order valence-corrected chi connectivity index (χ0v) is 26.9. The molecule has 0 heterocycles. The minimum Gasteiger partial charge on any atom is -0.493 e. The number of ketones is 1. The van der Waals surface area contributed by atoms with Crippen molar-refractivity contribution in [3.8, 4) is 17.6 Å². The van der Waals surface area contributed by atoms with Crippen LogP contribution in [0.15, 0.2) is 42.0 Å². The van der Waals surface area contributed by atoms with Gasteiger partial charge in [0, 0.05) is 6.54 Å². The van der Waals surface area contributed by atoms with E-state index in [0.717, 1.165) is 5.56 Å². The largest absolute Gasteiger partial charge is 0.493 e. The van der Waals surface area contributed by atoms with Crippen LogP contribution in [0.2, 0.25) is 10.0 Å². The molecule has 0 aromatic heterocycles. The van der Waals surface area contributed by atoms with Crippen LogP contribution in [0.5, 0.6) is 11.5 Å². The summed E-state index contributed by atoms with van der Waals surface area (Å²) in [6.07, 6.45) is 1.31. The maximum atomic E-state index is 12.4. The minimum atomic E-state index is -1.31. The molecular weight excluding hydrogens is 587 g/mol. The van der Waals surface area contributed by atoms with E-state index in [4.69, 9.17) is 32.7 Å². The van der Waals surface area contributed by atoms with E-state index in [1.165, 1.54) is 6.92 Å². The Hall–Kier alpha value is -2.76. The number of carboxylic acid groups (broad SMARTS) is 1. The average molecular weight is 626 g/mol. The van der Waals surface area contributed by atoms with Crippen LogP contribution in [-0.4, -0.2) is 56.1 Å². The van der Waals surface area contributed by atoms with E-state index < -0.39 is 17.2 Å². The molecule has 41 heavy (non-hydrogen) atoms. The third-order valence-electron chi connectivity index (χ3n) is 7.35. The summed E-state index contributed by atoms with van der Waals surface area (Å²) in [5.41, 5.74) is 0.600. The quantitative estimate of drug-likeness (QED) is 0.133. The monoisotopic (exact) mass is 624 g/mol. The third kappa shape index (κ3) is 8.39. The fraction of sp³-hybridized carbons (Fsp3) is 0.452. The molecule has 2 unspecified atom stereocenters. The number of hydrogen-bond acceptors (Lipinski definition) is 6. The van der Waals surface area contributed by atoms with Gasteiger partial charge in [-0.15, -0.1) is 12.4 Å². The maximum absolute atomic E-state index is 12.4. The van der Waals surface area contributed by atoms with E-state index in [-0.39, 0.29) is 39.9 Å². The van der Waals surface area contributed by atoms with Crippen LogP contribution in [0.25, 0.3) is 5.57 Å². The molecule has 224 valence electrons.